The van der Waals surface area contributed by atoms with Gasteiger partial charge < -0.3 is 14.2 Å². The fourth-order valence-electron chi connectivity index (χ4n) is 4.55. The number of carbonyl (C=O) groups excluding carboxylic acids is 3. The Labute approximate surface area is 247 Å². The van der Waals surface area contributed by atoms with Crippen LogP contribution in [0.3, 0.4) is 0 Å². The molecule has 6 nitrogen and oxygen atoms in total. The summed E-state index contributed by atoms with van der Waals surface area (Å²) in [5.41, 5.74) is 1.26. The Morgan fingerprint density at radius 2 is 1.02 bits per heavy atom. The molecule has 0 aliphatic rings. The third-order valence-corrected chi connectivity index (χ3v) is 6.82. The highest BCUT2D eigenvalue weighted by molar-refractivity contribution is 5.95. The summed E-state index contributed by atoms with van der Waals surface area (Å²) in [4.78, 5) is 37.3. The standard InChI is InChI=1S/C35H50O6/c1-35(2,3)41-34(38)31(33(37)40-28-30-23-17-14-18-24-30)25-19-11-9-7-5-4-6-8-10-12-20-26-32(36)39-27-29-21-15-13-16-22-29/h13-18,21-24,31H,4-12,19-20,25-28H2,1-3H3. The minimum absolute atomic E-state index is 0.115. The van der Waals surface area contributed by atoms with Crippen molar-refractivity contribution < 1.29 is 28.6 Å². The lowest BCUT2D eigenvalue weighted by molar-refractivity contribution is -0.170. The van der Waals surface area contributed by atoms with Gasteiger partial charge in [0.1, 0.15) is 18.8 Å². The summed E-state index contributed by atoms with van der Waals surface area (Å²) in [6, 6.07) is 19.2. The molecule has 1 atom stereocenters. The van der Waals surface area contributed by atoms with E-state index in [0.29, 0.717) is 19.4 Å². The second-order valence-electron chi connectivity index (χ2n) is 11.8. The maximum Gasteiger partial charge on any atom is 0.320 e. The molecule has 0 spiro atoms. The lowest BCUT2D eigenvalue weighted by Crippen LogP contribution is -2.33. The van der Waals surface area contributed by atoms with Crippen LogP contribution in [0.2, 0.25) is 0 Å². The monoisotopic (exact) mass is 566 g/mol. The van der Waals surface area contributed by atoms with Crippen molar-refractivity contribution in [2.75, 3.05) is 0 Å². The molecule has 0 amide bonds. The van der Waals surface area contributed by atoms with Gasteiger partial charge in [0, 0.05) is 6.42 Å². The molecule has 2 rings (SSSR count). The maximum atomic E-state index is 12.7. The quantitative estimate of drug-likeness (QED) is 0.0692. The second-order valence-corrected chi connectivity index (χ2v) is 11.8. The van der Waals surface area contributed by atoms with Crippen molar-refractivity contribution in [3.63, 3.8) is 0 Å². The number of benzene rings is 2. The molecular formula is C35H50O6. The zero-order chi connectivity index (χ0) is 29.8. The summed E-state index contributed by atoms with van der Waals surface area (Å²) in [5, 5.41) is 0. The van der Waals surface area contributed by atoms with E-state index in [1.807, 2.05) is 81.4 Å². The van der Waals surface area contributed by atoms with Gasteiger partial charge in [-0.15, -0.1) is 0 Å². The first-order valence-corrected chi connectivity index (χ1v) is 15.4. The van der Waals surface area contributed by atoms with Crippen molar-refractivity contribution in [3.05, 3.63) is 71.8 Å². The highest BCUT2D eigenvalue weighted by atomic mass is 16.6. The van der Waals surface area contributed by atoms with Crippen LogP contribution in [-0.4, -0.2) is 23.5 Å². The molecule has 0 radical (unpaired) electrons. The first-order valence-electron chi connectivity index (χ1n) is 15.4. The summed E-state index contributed by atoms with van der Waals surface area (Å²) >= 11 is 0. The van der Waals surface area contributed by atoms with Gasteiger partial charge in [0.15, 0.2) is 5.92 Å². The van der Waals surface area contributed by atoms with Crippen LogP contribution in [0.1, 0.15) is 115 Å². The van der Waals surface area contributed by atoms with Crippen molar-refractivity contribution in [1.29, 1.82) is 0 Å². The van der Waals surface area contributed by atoms with Crippen LogP contribution in [0.15, 0.2) is 60.7 Å². The molecule has 226 valence electrons. The van der Waals surface area contributed by atoms with E-state index in [0.717, 1.165) is 56.1 Å². The molecule has 0 aromatic heterocycles. The van der Waals surface area contributed by atoms with Crippen molar-refractivity contribution in [3.8, 4) is 0 Å². The van der Waals surface area contributed by atoms with Crippen LogP contribution in [0.5, 0.6) is 0 Å². The third-order valence-electron chi connectivity index (χ3n) is 6.82. The van der Waals surface area contributed by atoms with Gasteiger partial charge in [0.2, 0.25) is 0 Å². The first-order chi connectivity index (χ1) is 19.7. The Balaban J connectivity index is 1.50. The zero-order valence-corrected chi connectivity index (χ0v) is 25.4. The van der Waals surface area contributed by atoms with Gasteiger partial charge >= 0.3 is 17.9 Å². The van der Waals surface area contributed by atoms with Crippen molar-refractivity contribution >= 4 is 17.9 Å². The molecular weight excluding hydrogens is 516 g/mol. The van der Waals surface area contributed by atoms with Crippen molar-refractivity contribution in [2.45, 2.75) is 123 Å². The highest BCUT2D eigenvalue weighted by Gasteiger charge is 2.32. The lowest BCUT2D eigenvalue weighted by atomic mass is 9.99. The molecule has 2 aromatic rings. The number of esters is 3. The van der Waals surface area contributed by atoms with E-state index in [1.54, 1.807) is 0 Å². The second kappa shape index (κ2) is 19.8. The predicted molar refractivity (Wildman–Crippen MR) is 162 cm³/mol. The molecule has 0 aliphatic heterocycles. The Bertz CT molecular complexity index is 996. The minimum atomic E-state index is -0.886. The van der Waals surface area contributed by atoms with E-state index in [-0.39, 0.29) is 12.6 Å². The molecule has 41 heavy (non-hydrogen) atoms. The SMILES string of the molecule is CC(C)(C)OC(=O)C(CCCCCCCCCCCCCC(=O)OCc1ccccc1)C(=O)OCc1ccccc1. The van der Waals surface area contributed by atoms with E-state index in [9.17, 15) is 14.4 Å². The first kappa shape index (κ1) is 34.1. The molecule has 0 aliphatic carbocycles. The Hall–Kier alpha value is -3.15. The van der Waals surface area contributed by atoms with Crippen LogP contribution < -0.4 is 0 Å². The molecule has 0 heterocycles. The van der Waals surface area contributed by atoms with Crippen LogP contribution in [-0.2, 0) is 41.8 Å². The topological polar surface area (TPSA) is 78.9 Å². The van der Waals surface area contributed by atoms with Gasteiger partial charge in [0.25, 0.3) is 0 Å². The number of hydrogen-bond acceptors (Lipinski definition) is 6. The molecule has 2 aromatic carbocycles. The van der Waals surface area contributed by atoms with Gasteiger partial charge in [-0.1, -0.05) is 125 Å². The summed E-state index contributed by atoms with van der Waals surface area (Å²) in [6.07, 6.45) is 12.9. The number of ether oxygens (including phenoxy) is 3. The molecule has 6 heteroatoms. The normalized spacial score (nSPS) is 12.0. The Morgan fingerprint density at radius 3 is 1.51 bits per heavy atom. The van der Waals surface area contributed by atoms with Crippen LogP contribution in [0.25, 0.3) is 0 Å². The average Bonchev–Trinajstić information content (AvgIpc) is 2.95. The van der Waals surface area contributed by atoms with Gasteiger partial charge in [-0.3, -0.25) is 14.4 Å². The van der Waals surface area contributed by atoms with Crippen molar-refractivity contribution in [1.82, 2.24) is 0 Å². The van der Waals surface area contributed by atoms with E-state index in [4.69, 9.17) is 14.2 Å². The zero-order valence-electron chi connectivity index (χ0n) is 25.4. The average molecular weight is 567 g/mol. The van der Waals surface area contributed by atoms with E-state index in [2.05, 4.69) is 0 Å². The van der Waals surface area contributed by atoms with Crippen LogP contribution in [0, 0.1) is 5.92 Å². The third kappa shape index (κ3) is 16.6. The Morgan fingerprint density at radius 1 is 0.585 bits per heavy atom. The molecule has 0 bridgehead atoms. The van der Waals surface area contributed by atoms with Gasteiger partial charge in [-0.2, -0.15) is 0 Å². The number of unbranched alkanes of at least 4 members (excludes halogenated alkanes) is 10. The van der Waals surface area contributed by atoms with E-state index < -0.39 is 23.5 Å². The number of rotatable bonds is 20. The maximum absolute atomic E-state index is 12.7. The lowest BCUT2D eigenvalue weighted by Gasteiger charge is -2.23. The van der Waals surface area contributed by atoms with Gasteiger partial charge in [0.05, 0.1) is 0 Å². The largest absolute Gasteiger partial charge is 0.461 e. The van der Waals surface area contributed by atoms with Crippen LogP contribution >= 0.6 is 0 Å². The van der Waals surface area contributed by atoms with Crippen LogP contribution in [0.4, 0.5) is 0 Å². The minimum Gasteiger partial charge on any atom is -0.461 e. The smallest absolute Gasteiger partial charge is 0.320 e. The number of carbonyl (C=O) groups is 3. The van der Waals surface area contributed by atoms with Gasteiger partial charge in [-0.25, -0.2) is 0 Å². The highest BCUT2D eigenvalue weighted by Crippen LogP contribution is 2.20. The summed E-state index contributed by atoms with van der Waals surface area (Å²) in [6.45, 7) is 5.93. The Kier molecular flexibility index (Phi) is 16.5. The molecule has 0 saturated heterocycles. The molecule has 1 unspecified atom stereocenters. The fourth-order valence-corrected chi connectivity index (χ4v) is 4.55. The predicted octanol–water partition coefficient (Wildman–Crippen LogP) is 8.50. The van der Waals surface area contributed by atoms with Gasteiger partial charge in [-0.05, 0) is 44.7 Å². The molecule has 0 saturated carbocycles. The van der Waals surface area contributed by atoms with E-state index in [1.165, 1.54) is 25.7 Å². The fraction of sp³-hybridized carbons (Fsp3) is 0.571. The molecule has 0 fully saturated rings. The van der Waals surface area contributed by atoms with E-state index >= 15 is 0 Å². The number of hydrogen-bond donors (Lipinski definition) is 0. The summed E-state index contributed by atoms with van der Waals surface area (Å²) in [5.74, 6) is -2.01. The summed E-state index contributed by atoms with van der Waals surface area (Å²) < 4.78 is 16.3. The molecule has 0 N–H and O–H groups in total. The van der Waals surface area contributed by atoms with Crippen molar-refractivity contribution in [2.24, 2.45) is 5.92 Å². The summed E-state index contributed by atoms with van der Waals surface area (Å²) in [7, 11) is 0.